The van der Waals surface area contributed by atoms with E-state index in [-0.39, 0.29) is 5.97 Å². The van der Waals surface area contributed by atoms with E-state index in [2.05, 4.69) is 11.9 Å². The van der Waals surface area contributed by atoms with E-state index in [9.17, 15) is 4.79 Å². The van der Waals surface area contributed by atoms with Gasteiger partial charge in [-0.15, -0.1) is 0 Å². The molecule has 0 atom stereocenters. The average molecular weight is 276 g/mol. The number of methoxy groups -OCH3 is 1. The number of nitrogens with two attached hydrogens (primary N) is 1. The van der Waals surface area contributed by atoms with Gasteiger partial charge in [0, 0.05) is 18.3 Å². The lowest BCUT2D eigenvalue weighted by molar-refractivity contribution is 0.0599. The van der Waals surface area contributed by atoms with Crippen molar-refractivity contribution >= 4 is 11.7 Å². The van der Waals surface area contributed by atoms with Crippen LogP contribution in [0.1, 0.15) is 48.0 Å². The maximum atomic E-state index is 11.9. The van der Waals surface area contributed by atoms with Crippen LogP contribution in [0.4, 0.5) is 5.69 Å². The molecule has 4 nitrogen and oxygen atoms in total. The number of hydrogen-bond donors (Lipinski definition) is 1. The fourth-order valence-electron chi connectivity index (χ4n) is 3.02. The van der Waals surface area contributed by atoms with Crippen LogP contribution >= 0.6 is 0 Å². The minimum Gasteiger partial charge on any atom is -0.465 e. The Kier molecular flexibility index (Phi) is 5.01. The van der Waals surface area contributed by atoms with Crippen molar-refractivity contribution in [2.24, 2.45) is 0 Å². The molecular weight excluding hydrogens is 252 g/mol. The van der Waals surface area contributed by atoms with Crippen LogP contribution in [0.2, 0.25) is 0 Å². The maximum absolute atomic E-state index is 11.9. The molecule has 0 heterocycles. The van der Waals surface area contributed by atoms with Gasteiger partial charge in [-0.3, -0.25) is 4.90 Å². The Hall–Kier alpha value is -1.55. The summed E-state index contributed by atoms with van der Waals surface area (Å²) in [7, 11) is 3.52. The number of esters is 1. The van der Waals surface area contributed by atoms with Crippen LogP contribution in [0.5, 0.6) is 0 Å². The van der Waals surface area contributed by atoms with Gasteiger partial charge in [0.25, 0.3) is 0 Å². The number of benzene rings is 1. The van der Waals surface area contributed by atoms with E-state index in [1.165, 1.54) is 39.2 Å². The highest BCUT2D eigenvalue weighted by atomic mass is 16.5. The number of ether oxygens (including phenoxy) is 1. The van der Waals surface area contributed by atoms with Crippen LogP contribution in [0.25, 0.3) is 0 Å². The zero-order valence-corrected chi connectivity index (χ0v) is 12.4. The number of rotatable bonds is 4. The van der Waals surface area contributed by atoms with E-state index in [4.69, 9.17) is 10.5 Å². The van der Waals surface area contributed by atoms with Gasteiger partial charge in [0.2, 0.25) is 0 Å². The Balaban J connectivity index is 2.15. The van der Waals surface area contributed by atoms with Crippen molar-refractivity contribution in [3.05, 3.63) is 29.3 Å². The van der Waals surface area contributed by atoms with Gasteiger partial charge in [-0.2, -0.15) is 0 Å². The first-order valence-electron chi connectivity index (χ1n) is 7.29. The van der Waals surface area contributed by atoms with Crippen molar-refractivity contribution < 1.29 is 9.53 Å². The highest BCUT2D eigenvalue weighted by molar-refractivity contribution is 5.96. The number of carbonyl (C=O) groups excluding carboxylic acids is 1. The second kappa shape index (κ2) is 6.75. The lowest BCUT2D eigenvalue weighted by atomic mass is 9.94. The lowest BCUT2D eigenvalue weighted by Crippen LogP contribution is -2.33. The van der Waals surface area contributed by atoms with Crippen molar-refractivity contribution in [3.8, 4) is 0 Å². The van der Waals surface area contributed by atoms with Crippen molar-refractivity contribution in [3.63, 3.8) is 0 Å². The summed E-state index contributed by atoms with van der Waals surface area (Å²) in [6.45, 7) is 0.736. The van der Waals surface area contributed by atoms with Crippen LogP contribution in [-0.2, 0) is 11.3 Å². The second-order valence-electron chi connectivity index (χ2n) is 5.58. The summed E-state index contributed by atoms with van der Waals surface area (Å²) in [4.78, 5) is 14.2. The highest BCUT2D eigenvalue weighted by Gasteiger charge is 2.21. The first-order chi connectivity index (χ1) is 9.63. The van der Waals surface area contributed by atoms with Gasteiger partial charge >= 0.3 is 5.97 Å². The first kappa shape index (κ1) is 14.9. The smallest absolute Gasteiger partial charge is 0.340 e. The molecule has 0 aromatic heterocycles. The van der Waals surface area contributed by atoms with E-state index in [1.807, 2.05) is 12.1 Å². The van der Waals surface area contributed by atoms with Crippen molar-refractivity contribution in [1.82, 2.24) is 4.90 Å². The Morgan fingerprint density at radius 1 is 1.35 bits per heavy atom. The van der Waals surface area contributed by atoms with Crippen LogP contribution in [0.15, 0.2) is 18.2 Å². The summed E-state index contributed by atoms with van der Waals surface area (Å²) < 4.78 is 4.85. The zero-order chi connectivity index (χ0) is 14.5. The van der Waals surface area contributed by atoms with Gasteiger partial charge in [-0.25, -0.2) is 4.79 Å². The van der Waals surface area contributed by atoms with Gasteiger partial charge in [0.05, 0.1) is 12.7 Å². The third kappa shape index (κ3) is 3.31. The van der Waals surface area contributed by atoms with Crippen LogP contribution < -0.4 is 5.73 Å². The molecule has 1 saturated carbocycles. The molecule has 1 aliphatic rings. The molecule has 1 aromatic carbocycles. The molecule has 1 aromatic rings. The third-order valence-corrected chi connectivity index (χ3v) is 4.19. The van der Waals surface area contributed by atoms with Crippen LogP contribution in [0, 0.1) is 0 Å². The molecule has 0 saturated heterocycles. The molecule has 4 heteroatoms. The summed E-state index contributed by atoms with van der Waals surface area (Å²) in [6, 6.07) is 6.21. The number of carbonyl (C=O) groups is 1. The predicted molar refractivity (Wildman–Crippen MR) is 80.5 cm³/mol. The maximum Gasteiger partial charge on any atom is 0.340 e. The molecule has 0 bridgehead atoms. The molecule has 0 spiro atoms. The van der Waals surface area contributed by atoms with Crippen molar-refractivity contribution in [2.75, 3.05) is 19.9 Å². The van der Waals surface area contributed by atoms with Gasteiger partial charge in [0.15, 0.2) is 0 Å². The second-order valence-corrected chi connectivity index (χ2v) is 5.58. The van der Waals surface area contributed by atoms with Gasteiger partial charge < -0.3 is 10.5 Å². The lowest BCUT2D eigenvalue weighted by Gasteiger charge is -2.31. The number of hydrogen-bond acceptors (Lipinski definition) is 4. The SMILES string of the molecule is COC(=O)c1c(N)cccc1CN(C)C1CCCCC1. The quantitative estimate of drug-likeness (QED) is 0.678. The summed E-state index contributed by atoms with van der Waals surface area (Å²) in [6.07, 6.45) is 6.43. The molecule has 0 amide bonds. The third-order valence-electron chi connectivity index (χ3n) is 4.19. The molecule has 20 heavy (non-hydrogen) atoms. The normalized spacial score (nSPS) is 16.4. The molecule has 1 fully saturated rings. The fraction of sp³-hybridized carbons (Fsp3) is 0.562. The largest absolute Gasteiger partial charge is 0.465 e. The van der Waals surface area contributed by atoms with Crippen molar-refractivity contribution in [1.29, 1.82) is 0 Å². The minimum absolute atomic E-state index is 0.352. The predicted octanol–water partition coefficient (Wildman–Crippen LogP) is 2.82. The Morgan fingerprint density at radius 2 is 2.05 bits per heavy atom. The molecule has 2 N–H and O–H groups in total. The van der Waals surface area contributed by atoms with E-state index >= 15 is 0 Å². The van der Waals surface area contributed by atoms with E-state index in [0.29, 0.717) is 17.3 Å². The summed E-state index contributed by atoms with van der Waals surface area (Å²) >= 11 is 0. The number of nitrogen functional groups attached to an aromatic ring is 1. The number of nitrogens with zero attached hydrogens (tertiary/aromatic N) is 1. The first-order valence-corrected chi connectivity index (χ1v) is 7.29. The van der Waals surface area contributed by atoms with E-state index in [1.54, 1.807) is 6.07 Å². The summed E-state index contributed by atoms with van der Waals surface area (Å²) in [5.74, 6) is -0.352. The number of anilines is 1. The molecule has 0 unspecified atom stereocenters. The molecular formula is C16H24N2O2. The molecule has 110 valence electrons. The van der Waals surface area contributed by atoms with Crippen LogP contribution in [-0.4, -0.2) is 31.1 Å². The Morgan fingerprint density at radius 3 is 2.70 bits per heavy atom. The van der Waals surface area contributed by atoms with Crippen LogP contribution in [0.3, 0.4) is 0 Å². The summed E-state index contributed by atoms with van der Waals surface area (Å²) in [5.41, 5.74) is 7.89. The minimum atomic E-state index is -0.352. The molecule has 0 radical (unpaired) electrons. The average Bonchev–Trinajstić information content (AvgIpc) is 2.47. The monoisotopic (exact) mass is 276 g/mol. The molecule has 1 aliphatic carbocycles. The van der Waals surface area contributed by atoms with E-state index < -0.39 is 0 Å². The zero-order valence-electron chi connectivity index (χ0n) is 12.4. The van der Waals surface area contributed by atoms with Gasteiger partial charge in [-0.1, -0.05) is 31.4 Å². The Labute approximate surface area is 120 Å². The molecule has 0 aliphatic heterocycles. The standard InChI is InChI=1S/C16H24N2O2/c1-18(13-8-4-3-5-9-13)11-12-7-6-10-14(17)15(12)16(19)20-2/h6-7,10,13H,3-5,8-9,11,17H2,1-2H3. The van der Waals surface area contributed by atoms with E-state index in [0.717, 1.165) is 12.1 Å². The fourth-order valence-corrected chi connectivity index (χ4v) is 3.02. The van der Waals surface area contributed by atoms with Crippen molar-refractivity contribution in [2.45, 2.75) is 44.7 Å². The summed E-state index contributed by atoms with van der Waals surface area (Å²) in [5, 5.41) is 0. The van der Waals surface area contributed by atoms with Gasteiger partial charge in [0.1, 0.15) is 0 Å². The molecule has 2 rings (SSSR count). The highest BCUT2D eigenvalue weighted by Crippen LogP contribution is 2.25. The Bertz CT molecular complexity index is 468. The topological polar surface area (TPSA) is 55.6 Å². The van der Waals surface area contributed by atoms with Gasteiger partial charge in [-0.05, 0) is 31.5 Å².